The van der Waals surface area contributed by atoms with Crippen LogP contribution in [0.2, 0.25) is 0 Å². The summed E-state index contributed by atoms with van der Waals surface area (Å²) in [4.78, 5) is 38.0. The second kappa shape index (κ2) is 53.9. The number of rotatable bonds is 48. The lowest BCUT2D eigenvalue weighted by atomic mass is 10.0. The van der Waals surface area contributed by atoms with Crippen molar-refractivity contribution in [2.24, 2.45) is 0 Å². The van der Waals surface area contributed by atoms with E-state index in [0.717, 1.165) is 96.3 Å². The van der Waals surface area contributed by atoms with Gasteiger partial charge in [-0.15, -0.1) is 0 Å². The van der Waals surface area contributed by atoms with Crippen molar-refractivity contribution in [2.75, 3.05) is 13.2 Å². The third-order valence-electron chi connectivity index (χ3n) is 11.3. The summed E-state index contributed by atoms with van der Waals surface area (Å²) in [6.45, 7) is 6.33. The van der Waals surface area contributed by atoms with Crippen molar-refractivity contribution in [2.45, 2.75) is 252 Å². The second-order valence-corrected chi connectivity index (χ2v) is 17.7. The number of hydrogen-bond acceptors (Lipinski definition) is 6. The maximum atomic E-state index is 12.8. The molecule has 0 heterocycles. The summed E-state index contributed by atoms with van der Waals surface area (Å²) < 4.78 is 16.7. The fraction of sp³-hybridized carbons (Fsp3) is 0.683. The quantitative estimate of drug-likeness (QED) is 0.0262. The van der Waals surface area contributed by atoms with Gasteiger partial charge in [0.15, 0.2) is 6.10 Å². The zero-order valence-electron chi connectivity index (χ0n) is 42.9. The lowest BCUT2D eigenvalue weighted by molar-refractivity contribution is -0.167. The number of unbranched alkanes of at least 4 members (excludes halogenated alkanes) is 21. The molecule has 376 valence electrons. The fourth-order valence-corrected chi connectivity index (χ4v) is 7.32. The minimum absolute atomic E-state index is 0.111. The van der Waals surface area contributed by atoms with Crippen LogP contribution in [-0.2, 0) is 28.6 Å². The summed E-state index contributed by atoms with van der Waals surface area (Å²) in [5.41, 5.74) is 0. The van der Waals surface area contributed by atoms with Gasteiger partial charge in [-0.3, -0.25) is 14.4 Å². The van der Waals surface area contributed by atoms with Crippen LogP contribution < -0.4 is 0 Å². The van der Waals surface area contributed by atoms with Crippen molar-refractivity contribution in [3.05, 3.63) is 97.2 Å². The summed E-state index contributed by atoms with van der Waals surface area (Å²) in [6.07, 6.45) is 71.3. The van der Waals surface area contributed by atoms with Crippen LogP contribution in [0.3, 0.4) is 0 Å². The first kappa shape index (κ1) is 62.3. The molecule has 0 aromatic rings. The summed E-state index contributed by atoms with van der Waals surface area (Å²) in [5, 5.41) is 0. The molecule has 1 unspecified atom stereocenters. The van der Waals surface area contributed by atoms with E-state index in [-0.39, 0.29) is 37.5 Å². The third-order valence-corrected chi connectivity index (χ3v) is 11.3. The predicted octanol–water partition coefficient (Wildman–Crippen LogP) is 18.1. The van der Waals surface area contributed by atoms with Crippen LogP contribution in [0.25, 0.3) is 0 Å². The smallest absolute Gasteiger partial charge is 0.306 e. The van der Waals surface area contributed by atoms with Gasteiger partial charge in [-0.05, 0) is 89.9 Å². The molecule has 0 aliphatic carbocycles. The van der Waals surface area contributed by atoms with Crippen LogP contribution in [0.4, 0.5) is 0 Å². The molecule has 0 N–H and O–H groups in total. The zero-order valence-corrected chi connectivity index (χ0v) is 42.9. The molecule has 0 aliphatic heterocycles. The summed E-state index contributed by atoms with van der Waals surface area (Å²) >= 11 is 0. The van der Waals surface area contributed by atoms with Crippen molar-refractivity contribution >= 4 is 17.9 Å². The van der Waals surface area contributed by atoms with Crippen LogP contribution >= 0.6 is 0 Å². The van der Waals surface area contributed by atoms with E-state index in [1.165, 1.54) is 103 Å². The molecule has 0 saturated heterocycles. The molecular formula is C60H100O6. The fourth-order valence-electron chi connectivity index (χ4n) is 7.32. The molecule has 6 nitrogen and oxygen atoms in total. The number of esters is 3. The lowest BCUT2D eigenvalue weighted by Gasteiger charge is -2.18. The van der Waals surface area contributed by atoms with Gasteiger partial charge in [0.25, 0.3) is 0 Å². The number of allylic oxidation sites excluding steroid dienone is 16. The van der Waals surface area contributed by atoms with Crippen molar-refractivity contribution < 1.29 is 28.6 Å². The minimum atomic E-state index is -0.822. The van der Waals surface area contributed by atoms with Gasteiger partial charge in [0.05, 0.1) is 0 Å². The Balaban J connectivity index is 4.46. The van der Waals surface area contributed by atoms with Gasteiger partial charge in [0.1, 0.15) is 13.2 Å². The van der Waals surface area contributed by atoms with E-state index in [2.05, 4.69) is 118 Å². The van der Waals surface area contributed by atoms with E-state index in [1.807, 2.05) is 0 Å². The number of hydrogen-bond donors (Lipinski definition) is 0. The lowest BCUT2D eigenvalue weighted by Crippen LogP contribution is -2.30. The van der Waals surface area contributed by atoms with E-state index >= 15 is 0 Å². The van der Waals surface area contributed by atoms with Gasteiger partial charge >= 0.3 is 17.9 Å². The average molecular weight is 917 g/mol. The van der Waals surface area contributed by atoms with Crippen molar-refractivity contribution in [3.63, 3.8) is 0 Å². The molecule has 0 fully saturated rings. The van der Waals surface area contributed by atoms with Crippen LogP contribution in [-0.4, -0.2) is 37.2 Å². The van der Waals surface area contributed by atoms with Crippen molar-refractivity contribution in [1.29, 1.82) is 0 Å². The van der Waals surface area contributed by atoms with E-state index in [9.17, 15) is 14.4 Å². The second-order valence-electron chi connectivity index (χ2n) is 17.7. The molecule has 0 radical (unpaired) electrons. The maximum absolute atomic E-state index is 12.8. The average Bonchev–Trinajstić information content (AvgIpc) is 3.31. The van der Waals surface area contributed by atoms with E-state index in [0.29, 0.717) is 19.3 Å². The van der Waals surface area contributed by atoms with E-state index < -0.39 is 6.10 Å². The molecule has 0 rings (SSSR count). The standard InChI is InChI=1S/C60H100O6/c1-4-7-10-13-16-19-22-25-27-29-30-32-33-35-38-41-44-47-50-53-59(62)65-56-57(55-64-58(61)52-49-46-43-40-37-24-21-18-15-12-9-6-3)66-60(63)54-51-48-45-42-39-36-34-31-28-26-23-20-17-14-11-8-5-2/h8-9,11-12,17-18,20-21,26,28,34,36-37,40,42,45,57H,4-7,10,13-16,19,22-25,27,29-33,35,38-39,41,43-44,46-56H2,1-3H3/b11-8-,12-9-,20-17-,21-18-,28-26-,36-34-,40-37-,45-42-. The molecular weight excluding hydrogens is 817 g/mol. The Morgan fingerprint density at radius 3 is 0.970 bits per heavy atom. The van der Waals surface area contributed by atoms with Crippen LogP contribution in [0.15, 0.2) is 97.2 Å². The highest BCUT2D eigenvalue weighted by atomic mass is 16.6. The Labute approximate surface area is 407 Å². The largest absolute Gasteiger partial charge is 0.462 e. The van der Waals surface area contributed by atoms with Gasteiger partial charge in [0.2, 0.25) is 0 Å². The molecule has 0 aromatic heterocycles. The zero-order chi connectivity index (χ0) is 47.9. The van der Waals surface area contributed by atoms with Gasteiger partial charge in [0, 0.05) is 19.3 Å². The van der Waals surface area contributed by atoms with Gasteiger partial charge < -0.3 is 14.2 Å². The molecule has 66 heavy (non-hydrogen) atoms. The van der Waals surface area contributed by atoms with Crippen LogP contribution in [0.1, 0.15) is 245 Å². The van der Waals surface area contributed by atoms with Crippen LogP contribution in [0.5, 0.6) is 0 Å². The van der Waals surface area contributed by atoms with Gasteiger partial charge in [-0.2, -0.15) is 0 Å². The highest BCUT2D eigenvalue weighted by Gasteiger charge is 2.19. The molecule has 0 aliphatic rings. The molecule has 0 amide bonds. The van der Waals surface area contributed by atoms with Crippen LogP contribution in [0, 0.1) is 0 Å². The predicted molar refractivity (Wildman–Crippen MR) is 284 cm³/mol. The van der Waals surface area contributed by atoms with Gasteiger partial charge in [-0.25, -0.2) is 0 Å². The topological polar surface area (TPSA) is 78.9 Å². The number of carbonyl (C=O) groups is 3. The number of ether oxygens (including phenoxy) is 3. The molecule has 0 saturated carbocycles. The number of carbonyl (C=O) groups excluding carboxylic acids is 3. The molecule has 1 atom stereocenters. The SMILES string of the molecule is CC/C=C\C/C=C\C/C=C\C/C=C\C/C=C\CCCC(=O)OC(COC(=O)CCCC/C=C\C/C=C\C/C=C\CC)COC(=O)CCCCCCCCCCCCCCCCCCCCC. The summed E-state index contributed by atoms with van der Waals surface area (Å²) in [7, 11) is 0. The Hall–Kier alpha value is -3.67. The van der Waals surface area contributed by atoms with E-state index in [1.54, 1.807) is 0 Å². The highest BCUT2D eigenvalue weighted by Crippen LogP contribution is 2.15. The first-order valence-electron chi connectivity index (χ1n) is 27.2. The molecule has 6 heteroatoms. The molecule has 0 spiro atoms. The Morgan fingerprint density at radius 2 is 0.606 bits per heavy atom. The van der Waals surface area contributed by atoms with E-state index in [4.69, 9.17) is 14.2 Å². The Morgan fingerprint density at radius 1 is 0.318 bits per heavy atom. The Bertz CT molecular complexity index is 1330. The minimum Gasteiger partial charge on any atom is -0.462 e. The normalized spacial score (nSPS) is 12.8. The van der Waals surface area contributed by atoms with Crippen molar-refractivity contribution in [3.8, 4) is 0 Å². The summed E-state index contributed by atoms with van der Waals surface area (Å²) in [6, 6.07) is 0. The summed E-state index contributed by atoms with van der Waals surface area (Å²) in [5.74, 6) is -1.01. The highest BCUT2D eigenvalue weighted by molar-refractivity contribution is 5.71. The Kier molecular flexibility index (Phi) is 50.9. The first-order chi connectivity index (χ1) is 32.5. The van der Waals surface area contributed by atoms with Crippen molar-refractivity contribution in [1.82, 2.24) is 0 Å². The third kappa shape index (κ3) is 51.3. The maximum Gasteiger partial charge on any atom is 0.306 e. The molecule has 0 aromatic carbocycles. The monoisotopic (exact) mass is 917 g/mol. The first-order valence-corrected chi connectivity index (χ1v) is 27.2. The van der Waals surface area contributed by atoms with Gasteiger partial charge in [-0.1, -0.05) is 234 Å². The molecule has 0 bridgehead atoms.